The van der Waals surface area contributed by atoms with E-state index in [1.54, 1.807) is 0 Å². The van der Waals surface area contributed by atoms with E-state index < -0.39 is 6.23 Å². The fourth-order valence-corrected chi connectivity index (χ4v) is 1.74. The third kappa shape index (κ3) is 4.31. The van der Waals surface area contributed by atoms with Crippen molar-refractivity contribution >= 4 is 0 Å². The number of aliphatic hydroxyl groups excluding tert-OH is 2. The van der Waals surface area contributed by atoms with Crippen molar-refractivity contribution in [2.75, 3.05) is 13.2 Å². The summed E-state index contributed by atoms with van der Waals surface area (Å²) in [5.74, 6) is 0. The topological polar surface area (TPSA) is 43.7 Å². The summed E-state index contributed by atoms with van der Waals surface area (Å²) in [4.78, 5) is 1.99. The molecule has 1 rings (SSSR count). The van der Waals surface area contributed by atoms with Gasteiger partial charge < -0.3 is 10.2 Å². The van der Waals surface area contributed by atoms with Gasteiger partial charge in [-0.15, -0.1) is 0 Å². The molecule has 3 nitrogen and oxygen atoms in total. The van der Waals surface area contributed by atoms with E-state index in [-0.39, 0.29) is 6.61 Å². The molecule has 16 heavy (non-hydrogen) atoms. The van der Waals surface area contributed by atoms with Crippen LogP contribution in [-0.4, -0.2) is 34.5 Å². The largest absolute Gasteiger partial charge is 0.396 e. The average molecular weight is 223 g/mol. The van der Waals surface area contributed by atoms with Crippen LogP contribution in [0.2, 0.25) is 0 Å². The van der Waals surface area contributed by atoms with Crippen LogP contribution < -0.4 is 0 Å². The number of aliphatic hydroxyl groups is 2. The molecule has 0 aliphatic rings. The zero-order chi connectivity index (χ0) is 11.8. The van der Waals surface area contributed by atoms with E-state index in [1.807, 2.05) is 35.2 Å². The quantitative estimate of drug-likeness (QED) is 0.690. The van der Waals surface area contributed by atoms with Gasteiger partial charge in [0.05, 0.1) is 0 Å². The Bertz CT molecular complexity index is 277. The van der Waals surface area contributed by atoms with Crippen LogP contribution in [0.25, 0.3) is 0 Å². The maximum Gasteiger partial charge on any atom is 0.109 e. The maximum atomic E-state index is 9.87. The first-order valence-electron chi connectivity index (χ1n) is 5.84. The Hall–Kier alpha value is -0.900. The summed E-state index contributed by atoms with van der Waals surface area (Å²) >= 11 is 0. The molecule has 0 saturated carbocycles. The van der Waals surface area contributed by atoms with Crippen LogP contribution in [0, 0.1) is 0 Å². The van der Waals surface area contributed by atoms with Crippen molar-refractivity contribution in [2.24, 2.45) is 0 Å². The Morgan fingerprint density at radius 1 is 1.25 bits per heavy atom. The molecule has 1 atom stereocenters. The van der Waals surface area contributed by atoms with Gasteiger partial charge in [0.1, 0.15) is 6.23 Å². The van der Waals surface area contributed by atoms with Crippen LogP contribution in [0.15, 0.2) is 30.3 Å². The lowest BCUT2D eigenvalue weighted by molar-refractivity contribution is -0.0180. The SMILES string of the molecule is CCCN(Cc1ccccc1)C(O)CCO. The van der Waals surface area contributed by atoms with Gasteiger partial charge in [0.25, 0.3) is 0 Å². The van der Waals surface area contributed by atoms with Crippen molar-refractivity contribution in [1.29, 1.82) is 0 Å². The van der Waals surface area contributed by atoms with Gasteiger partial charge in [-0.05, 0) is 12.0 Å². The first-order chi connectivity index (χ1) is 7.77. The van der Waals surface area contributed by atoms with Gasteiger partial charge in [-0.1, -0.05) is 37.3 Å². The zero-order valence-corrected chi connectivity index (χ0v) is 9.84. The van der Waals surface area contributed by atoms with Gasteiger partial charge in [-0.3, -0.25) is 4.90 Å². The minimum absolute atomic E-state index is 0.0240. The Kier molecular flexibility index (Phi) is 6.08. The van der Waals surface area contributed by atoms with E-state index >= 15 is 0 Å². The van der Waals surface area contributed by atoms with Gasteiger partial charge in [0, 0.05) is 26.1 Å². The lowest BCUT2D eigenvalue weighted by Crippen LogP contribution is -2.35. The van der Waals surface area contributed by atoms with Gasteiger partial charge in [0.15, 0.2) is 0 Å². The summed E-state index contributed by atoms with van der Waals surface area (Å²) in [7, 11) is 0. The van der Waals surface area contributed by atoms with Crippen molar-refractivity contribution in [3.05, 3.63) is 35.9 Å². The summed E-state index contributed by atoms with van der Waals surface area (Å²) in [5, 5.41) is 18.7. The first kappa shape index (κ1) is 13.2. The highest BCUT2D eigenvalue weighted by Crippen LogP contribution is 2.09. The molecule has 0 aliphatic heterocycles. The summed E-state index contributed by atoms with van der Waals surface area (Å²) in [6, 6.07) is 10.1. The molecule has 3 heteroatoms. The van der Waals surface area contributed by atoms with Gasteiger partial charge in [0.2, 0.25) is 0 Å². The van der Waals surface area contributed by atoms with Crippen molar-refractivity contribution in [3.8, 4) is 0 Å². The van der Waals surface area contributed by atoms with Crippen LogP contribution >= 0.6 is 0 Å². The van der Waals surface area contributed by atoms with Crippen LogP contribution in [-0.2, 0) is 6.54 Å². The van der Waals surface area contributed by atoms with Gasteiger partial charge in [-0.2, -0.15) is 0 Å². The highest BCUT2D eigenvalue weighted by atomic mass is 16.3. The second-order valence-corrected chi connectivity index (χ2v) is 3.95. The number of rotatable bonds is 7. The van der Waals surface area contributed by atoms with Crippen LogP contribution in [0.1, 0.15) is 25.3 Å². The average Bonchev–Trinajstić information content (AvgIpc) is 2.30. The molecule has 0 amide bonds. The molecule has 0 heterocycles. The number of hydrogen-bond donors (Lipinski definition) is 2. The molecule has 0 radical (unpaired) electrons. The van der Waals surface area contributed by atoms with E-state index in [0.29, 0.717) is 6.42 Å². The first-order valence-corrected chi connectivity index (χ1v) is 5.84. The molecular formula is C13H21NO2. The summed E-state index contributed by atoms with van der Waals surface area (Å²) in [5.41, 5.74) is 1.19. The summed E-state index contributed by atoms with van der Waals surface area (Å²) in [6.45, 7) is 3.69. The number of hydrogen-bond acceptors (Lipinski definition) is 3. The van der Waals surface area contributed by atoms with Crippen molar-refractivity contribution < 1.29 is 10.2 Å². The molecular weight excluding hydrogens is 202 g/mol. The minimum atomic E-state index is -0.551. The van der Waals surface area contributed by atoms with Crippen molar-refractivity contribution in [2.45, 2.75) is 32.5 Å². The molecule has 0 saturated heterocycles. The van der Waals surface area contributed by atoms with E-state index in [0.717, 1.165) is 19.5 Å². The third-order valence-electron chi connectivity index (χ3n) is 2.55. The van der Waals surface area contributed by atoms with E-state index in [2.05, 4.69) is 6.92 Å². The molecule has 0 bridgehead atoms. The molecule has 0 spiro atoms. The van der Waals surface area contributed by atoms with Gasteiger partial charge in [-0.25, -0.2) is 0 Å². The second kappa shape index (κ2) is 7.39. The Morgan fingerprint density at radius 3 is 2.50 bits per heavy atom. The summed E-state index contributed by atoms with van der Waals surface area (Å²) in [6.07, 6.45) is 0.854. The number of nitrogens with zero attached hydrogens (tertiary/aromatic N) is 1. The van der Waals surface area contributed by atoms with Crippen LogP contribution in [0.4, 0.5) is 0 Å². The van der Waals surface area contributed by atoms with Crippen LogP contribution in [0.5, 0.6) is 0 Å². The maximum absolute atomic E-state index is 9.87. The predicted molar refractivity (Wildman–Crippen MR) is 64.9 cm³/mol. The highest BCUT2D eigenvalue weighted by Gasteiger charge is 2.14. The molecule has 1 unspecified atom stereocenters. The van der Waals surface area contributed by atoms with Crippen LogP contribution in [0.3, 0.4) is 0 Å². The zero-order valence-electron chi connectivity index (χ0n) is 9.84. The third-order valence-corrected chi connectivity index (χ3v) is 2.55. The second-order valence-electron chi connectivity index (χ2n) is 3.95. The van der Waals surface area contributed by atoms with E-state index in [9.17, 15) is 5.11 Å². The number of benzene rings is 1. The Labute approximate surface area is 97.3 Å². The molecule has 0 aromatic heterocycles. The molecule has 1 aromatic carbocycles. The highest BCUT2D eigenvalue weighted by molar-refractivity contribution is 5.14. The smallest absolute Gasteiger partial charge is 0.109 e. The molecule has 90 valence electrons. The lowest BCUT2D eigenvalue weighted by atomic mass is 10.2. The van der Waals surface area contributed by atoms with E-state index in [1.165, 1.54) is 5.56 Å². The summed E-state index contributed by atoms with van der Waals surface area (Å²) < 4.78 is 0. The van der Waals surface area contributed by atoms with Crippen molar-refractivity contribution in [3.63, 3.8) is 0 Å². The molecule has 0 aliphatic carbocycles. The van der Waals surface area contributed by atoms with Gasteiger partial charge >= 0.3 is 0 Å². The Balaban J connectivity index is 2.57. The normalized spacial score (nSPS) is 13.0. The predicted octanol–water partition coefficient (Wildman–Crippen LogP) is 1.60. The van der Waals surface area contributed by atoms with E-state index in [4.69, 9.17) is 5.11 Å². The molecule has 2 N–H and O–H groups in total. The molecule has 0 fully saturated rings. The fourth-order valence-electron chi connectivity index (χ4n) is 1.74. The molecule has 1 aromatic rings. The Morgan fingerprint density at radius 2 is 1.94 bits per heavy atom. The van der Waals surface area contributed by atoms with Crippen molar-refractivity contribution in [1.82, 2.24) is 4.90 Å². The minimum Gasteiger partial charge on any atom is -0.396 e. The fraction of sp³-hybridized carbons (Fsp3) is 0.538. The standard InChI is InChI=1S/C13H21NO2/c1-2-9-14(13(16)8-10-15)11-12-6-4-3-5-7-12/h3-7,13,15-16H,2,8-11H2,1H3. The monoisotopic (exact) mass is 223 g/mol. The lowest BCUT2D eigenvalue weighted by Gasteiger charge is -2.27.